The van der Waals surface area contributed by atoms with Crippen molar-refractivity contribution in [1.82, 2.24) is 5.32 Å². The van der Waals surface area contributed by atoms with Gasteiger partial charge in [-0.05, 0) is 51.5 Å². The predicted molar refractivity (Wildman–Crippen MR) is 88.2 cm³/mol. The van der Waals surface area contributed by atoms with Crippen LogP contribution in [0.1, 0.15) is 85.5 Å². The first-order chi connectivity index (χ1) is 9.64. The number of ether oxygens (including phenoxy) is 1. The molecule has 0 saturated heterocycles. The van der Waals surface area contributed by atoms with Gasteiger partial charge in [0.05, 0.1) is 5.60 Å². The van der Waals surface area contributed by atoms with Crippen LogP contribution in [0, 0.1) is 5.92 Å². The molecule has 1 atom stereocenters. The highest BCUT2D eigenvalue weighted by Crippen LogP contribution is 2.35. The Balaban J connectivity index is 2.77. The fourth-order valence-electron chi connectivity index (χ4n) is 3.58. The lowest BCUT2D eigenvalue weighted by molar-refractivity contribution is -0.0793. The fraction of sp³-hybridized carbons (Fsp3) is 1.00. The highest BCUT2D eigenvalue weighted by atomic mass is 16.5. The quantitative estimate of drug-likeness (QED) is 0.606. The summed E-state index contributed by atoms with van der Waals surface area (Å²) in [7, 11) is 0. The minimum Gasteiger partial charge on any atom is -0.374 e. The van der Waals surface area contributed by atoms with Gasteiger partial charge in [-0.15, -0.1) is 0 Å². The second kappa shape index (κ2) is 9.78. The Morgan fingerprint density at radius 2 is 1.65 bits per heavy atom. The van der Waals surface area contributed by atoms with Gasteiger partial charge in [0, 0.05) is 12.6 Å². The summed E-state index contributed by atoms with van der Waals surface area (Å²) in [6, 6.07) is 0.544. The third-order valence-electron chi connectivity index (χ3n) is 4.69. The average molecular weight is 284 g/mol. The lowest BCUT2D eigenvalue weighted by atomic mass is 9.82. The largest absolute Gasteiger partial charge is 0.374 e. The first kappa shape index (κ1) is 18.0. The highest BCUT2D eigenvalue weighted by Gasteiger charge is 2.39. The van der Waals surface area contributed by atoms with Crippen LogP contribution in [0.3, 0.4) is 0 Å². The third-order valence-corrected chi connectivity index (χ3v) is 4.69. The molecule has 1 unspecified atom stereocenters. The van der Waals surface area contributed by atoms with E-state index < -0.39 is 0 Å². The van der Waals surface area contributed by atoms with Crippen LogP contribution in [0.15, 0.2) is 0 Å². The minimum absolute atomic E-state index is 0.106. The molecule has 0 aliphatic heterocycles. The Morgan fingerprint density at radius 1 is 1.00 bits per heavy atom. The van der Waals surface area contributed by atoms with Crippen molar-refractivity contribution in [2.75, 3.05) is 13.2 Å². The van der Waals surface area contributed by atoms with E-state index >= 15 is 0 Å². The maximum atomic E-state index is 6.38. The summed E-state index contributed by atoms with van der Waals surface area (Å²) in [6.45, 7) is 11.1. The van der Waals surface area contributed by atoms with Gasteiger partial charge in [-0.2, -0.15) is 0 Å². The van der Waals surface area contributed by atoms with Gasteiger partial charge in [0.25, 0.3) is 0 Å². The van der Waals surface area contributed by atoms with E-state index in [1.807, 2.05) is 0 Å². The fourth-order valence-corrected chi connectivity index (χ4v) is 3.58. The van der Waals surface area contributed by atoms with Gasteiger partial charge in [0.15, 0.2) is 0 Å². The zero-order valence-electron chi connectivity index (χ0n) is 14.3. The molecule has 1 saturated carbocycles. The second-order valence-corrected chi connectivity index (χ2v) is 6.89. The van der Waals surface area contributed by atoms with E-state index in [0.29, 0.717) is 6.04 Å². The van der Waals surface area contributed by atoms with E-state index in [0.717, 1.165) is 19.1 Å². The molecular formula is C18H37NO. The minimum atomic E-state index is 0.106. The maximum absolute atomic E-state index is 6.38. The SMILES string of the molecule is CCCNC(CCC(C)C)C1(OCC)CCCCCC1. The second-order valence-electron chi connectivity index (χ2n) is 6.89. The Kier molecular flexibility index (Phi) is 8.79. The van der Waals surface area contributed by atoms with E-state index in [9.17, 15) is 0 Å². The average Bonchev–Trinajstić information content (AvgIpc) is 2.65. The van der Waals surface area contributed by atoms with Crippen LogP contribution < -0.4 is 5.32 Å². The summed E-state index contributed by atoms with van der Waals surface area (Å²) in [4.78, 5) is 0. The van der Waals surface area contributed by atoms with Crippen molar-refractivity contribution >= 4 is 0 Å². The van der Waals surface area contributed by atoms with Crippen LogP contribution in [0.5, 0.6) is 0 Å². The van der Waals surface area contributed by atoms with Gasteiger partial charge in [0.1, 0.15) is 0 Å². The number of hydrogen-bond donors (Lipinski definition) is 1. The molecule has 0 spiro atoms. The first-order valence-electron chi connectivity index (χ1n) is 9.02. The van der Waals surface area contributed by atoms with Gasteiger partial charge >= 0.3 is 0 Å². The molecular weight excluding hydrogens is 246 g/mol. The highest BCUT2D eigenvalue weighted by molar-refractivity contribution is 4.94. The Hall–Kier alpha value is -0.0800. The summed E-state index contributed by atoms with van der Waals surface area (Å²) in [5.74, 6) is 0.783. The van der Waals surface area contributed by atoms with Crippen molar-refractivity contribution in [3.63, 3.8) is 0 Å². The van der Waals surface area contributed by atoms with E-state index in [1.165, 1.54) is 57.8 Å². The molecule has 0 aromatic rings. The van der Waals surface area contributed by atoms with E-state index in [4.69, 9.17) is 4.74 Å². The van der Waals surface area contributed by atoms with Crippen LogP contribution >= 0.6 is 0 Å². The molecule has 1 fully saturated rings. The van der Waals surface area contributed by atoms with E-state index in [1.54, 1.807) is 0 Å². The monoisotopic (exact) mass is 283 g/mol. The number of hydrogen-bond acceptors (Lipinski definition) is 2. The maximum Gasteiger partial charge on any atom is 0.0834 e. The summed E-state index contributed by atoms with van der Waals surface area (Å²) < 4.78 is 6.38. The molecule has 2 nitrogen and oxygen atoms in total. The molecule has 0 amide bonds. The molecule has 0 bridgehead atoms. The molecule has 0 radical (unpaired) electrons. The molecule has 1 N–H and O–H groups in total. The number of nitrogens with one attached hydrogen (secondary N) is 1. The molecule has 120 valence electrons. The normalized spacial score (nSPS) is 20.9. The molecule has 0 aromatic carbocycles. The third kappa shape index (κ3) is 5.73. The van der Waals surface area contributed by atoms with Crippen molar-refractivity contribution in [2.45, 2.75) is 97.1 Å². The summed E-state index contributed by atoms with van der Waals surface area (Å²) >= 11 is 0. The van der Waals surface area contributed by atoms with Crippen molar-refractivity contribution in [2.24, 2.45) is 5.92 Å². The van der Waals surface area contributed by atoms with Gasteiger partial charge in [-0.3, -0.25) is 0 Å². The Bertz CT molecular complexity index is 232. The van der Waals surface area contributed by atoms with Crippen molar-refractivity contribution in [3.8, 4) is 0 Å². The van der Waals surface area contributed by atoms with Crippen LogP contribution in [0.25, 0.3) is 0 Å². The Labute approximate surface area is 127 Å². The van der Waals surface area contributed by atoms with Gasteiger partial charge in [-0.25, -0.2) is 0 Å². The van der Waals surface area contributed by atoms with Gasteiger partial charge in [0.2, 0.25) is 0 Å². The predicted octanol–water partition coefficient (Wildman–Crippen LogP) is 4.92. The van der Waals surface area contributed by atoms with Gasteiger partial charge < -0.3 is 10.1 Å². The Morgan fingerprint density at radius 3 is 2.15 bits per heavy atom. The summed E-state index contributed by atoms with van der Waals surface area (Å²) in [6.07, 6.45) is 11.7. The number of rotatable bonds is 9. The smallest absolute Gasteiger partial charge is 0.0834 e. The van der Waals surface area contributed by atoms with E-state index in [2.05, 4.69) is 33.0 Å². The zero-order valence-corrected chi connectivity index (χ0v) is 14.3. The first-order valence-corrected chi connectivity index (χ1v) is 9.02. The summed E-state index contributed by atoms with van der Waals surface area (Å²) in [5, 5.41) is 3.82. The topological polar surface area (TPSA) is 21.3 Å². The lowest BCUT2D eigenvalue weighted by Gasteiger charge is -2.41. The van der Waals surface area contributed by atoms with Crippen molar-refractivity contribution in [1.29, 1.82) is 0 Å². The van der Waals surface area contributed by atoms with Crippen LogP contribution in [0.2, 0.25) is 0 Å². The van der Waals surface area contributed by atoms with Crippen LogP contribution in [-0.2, 0) is 4.74 Å². The van der Waals surface area contributed by atoms with Crippen LogP contribution in [0.4, 0.5) is 0 Å². The van der Waals surface area contributed by atoms with Crippen LogP contribution in [-0.4, -0.2) is 24.8 Å². The van der Waals surface area contributed by atoms with Crippen molar-refractivity contribution in [3.05, 3.63) is 0 Å². The lowest BCUT2D eigenvalue weighted by Crippen LogP contribution is -2.52. The molecule has 0 heterocycles. The molecule has 2 heteroatoms. The molecule has 20 heavy (non-hydrogen) atoms. The van der Waals surface area contributed by atoms with Gasteiger partial charge in [-0.1, -0.05) is 46.5 Å². The van der Waals surface area contributed by atoms with Crippen molar-refractivity contribution < 1.29 is 4.74 Å². The molecule has 1 aliphatic carbocycles. The standard InChI is InChI=1S/C18H37NO/c1-5-15-19-17(12-11-16(3)4)18(20-6-2)13-9-7-8-10-14-18/h16-17,19H,5-15H2,1-4H3. The van der Waals surface area contributed by atoms with E-state index in [-0.39, 0.29) is 5.60 Å². The molecule has 0 aromatic heterocycles. The molecule has 1 aliphatic rings. The zero-order chi connectivity index (χ0) is 14.8. The summed E-state index contributed by atoms with van der Waals surface area (Å²) in [5.41, 5.74) is 0.106. The molecule has 1 rings (SSSR count).